The van der Waals surface area contributed by atoms with E-state index in [-0.39, 0.29) is 0 Å². The first-order valence-electron chi connectivity index (χ1n) is 5.01. The van der Waals surface area contributed by atoms with Crippen molar-refractivity contribution in [2.45, 2.75) is 25.9 Å². The predicted molar refractivity (Wildman–Crippen MR) is 57.5 cm³/mol. The van der Waals surface area contributed by atoms with E-state index < -0.39 is 12.1 Å². The van der Waals surface area contributed by atoms with Gasteiger partial charge < -0.3 is 9.84 Å². The average Bonchev–Trinajstić information content (AvgIpc) is 2.29. The number of esters is 1. The Morgan fingerprint density at radius 1 is 1.33 bits per heavy atom. The molecule has 0 aliphatic carbocycles. The molecule has 0 radical (unpaired) electrons. The van der Waals surface area contributed by atoms with Crippen molar-refractivity contribution >= 4 is 5.97 Å². The second-order valence-electron chi connectivity index (χ2n) is 3.41. The fourth-order valence-electron chi connectivity index (χ4n) is 1.35. The largest absolute Gasteiger partial charge is 0.467 e. The van der Waals surface area contributed by atoms with Crippen molar-refractivity contribution in [3.63, 3.8) is 0 Å². The van der Waals surface area contributed by atoms with E-state index >= 15 is 0 Å². The summed E-state index contributed by atoms with van der Waals surface area (Å²) in [6, 6.07) is 7.84. The molecule has 0 amide bonds. The molecule has 0 aromatic heterocycles. The molecule has 1 atom stereocenters. The van der Waals surface area contributed by atoms with Gasteiger partial charge in [-0.1, -0.05) is 31.2 Å². The molecule has 1 rings (SSSR count). The van der Waals surface area contributed by atoms with Crippen molar-refractivity contribution in [2.75, 3.05) is 7.11 Å². The van der Waals surface area contributed by atoms with Crippen LogP contribution >= 0.6 is 0 Å². The van der Waals surface area contributed by atoms with E-state index in [9.17, 15) is 9.90 Å². The molecule has 82 valence electrons. The molecule has 0 saturated heterocycles. The number of carbonyl (C=O) groups is 1. The quantitative estimate of drug-likeness (QED) is 0.759. The molecule has 3 heteroatoms. The molecule has 1 unspecified atom stereocenters. The number of ether oxygens (including phenoxy) is 1. The Balaban J connectivity index is 2.60. The average molecular weight is 208 g/mol. The fraction of sp³-hybridized carbons (Fsp3) is 0.417. The van der Waals surface area contributed by atoms with Crippen LogP contribution < -0.4 is 0 Å². The molecule has 0 aliphatic heterocycles. The zero-order valence-corrected chi connectivity index (χ0v) is 9.06. The minimum absolute atomic E-state index is 0.302. The van der Waals surface area contributed by atoms with Gasteiger partial charge in [0.15, 0.2) is 6.10 Å². The summed E-state index contributed by atoms with van der Waals surface area (Å²) in [5, 5.41) is 9.42. The van der Waals surface area contributed by atoms with Crippen molar-refractivity contribution in [2.24, 2.45) is 0 Å². The van der Waals surface area contributed by atoms with Crippen molar-refractivity contribution in [3.05, 3.63) is 35.4 Å². The highest BCUT2D eigenvalue weighted by molar-refractivity contribution is 5.74. The molecular formula is C12H16O3. The third-order valence-corrected chi connectivity index (χ3v) is 2.33. The van der Waals surface area contributed by atoms with Crippen molar-refractivity contribution in [1.29, 1.82) is 0 Å². The first kappa shape index (κ1) is 11.7. The van der Waals surface area contributed by atoms with Gasteiger partial charge in [0.1, 0.15) is 0 Å². The second-order valence-corrected chi connectivity index (χ2v) is 3.41. The van der Waals surface area contributed by atoms with Crippen molar-refractivity contribution in [1.82, 2.24) is 0 Å². The van der Waals surface area contributed by atoms with E-state index in [0.29, 0.717) is 6.42 Å². The molecule has 1 aromatic rings. The Bertz CT molecular complexity index is 316. The van der Waals surface area contributed by atoms with Crippen LogP contribution in [-0.4, -0.2) is 24.3 Å². The lowest BCUT2D eigenvalue weighted by Crippen LogP contribution is -2.24. The standard InChI is InChI=1S/C12H16O3/c1-3-9-4-6-10(7-5-9)8-11(13)12(14)15-2/h4-7,11,13H,3,8H2,1-2H3. The Labute approximate surface area is 89.7 Å². The lowest BCUT2D eigenvalue weighted by Gasteiger charge is -2.08. The van der Waals surface area contributed by atoms with Crippen molar-refractivity contribution in [3.8, 4) is 0 Å². The number of carbonyl (C=O) groups excluding carboxylic acids is 1. The Kier molecular flexibility index (Phi) is 4.31. The maximum Gasteiger partial charge on any atom is 0.335 e. The van der Waals surface area contributed by atoms with Crippen LogP contribution in [0.25, 0.3) is 0 Å². The molecule has 15 heavy (non-hydrogen) atoms. The molecule has 0 spiro atoms. The van der Waals surface area contributed by atoms with Crippen LogP contribution in [0.2, 0.25) is 0 Å². The first-order valence-corrected chi connectivity index (χ1v) is 5.01. The Morgan fingerprint density at radius 3 is 2.33 bits per heavy atom. The van der Waals surface area contributed by atoms with Gasteiger partial charge in [-0.05, 0) is 17.5 Å². The van der Waals surface area contributed by atoms with Crippen LogP contribution in [0, 0.1) is 0 Å². The Morgan fingerprint density at radius 2 is 1.87 bits per heavy atom. The molecule has 0 aliphatic rings. The third kappa shape index (κ3) is 3.36. The maximum atomic E-state index is 11.0. The Hall–Kier alpha value is -1.35. The summed E-state index contributed by atoms with van der Waals surface area (Å²) in [7, 11) is 1.27. The number of benzene rings is 1. The van der Waals surface area contributed by atoms with Crippen molar-refractivity contribution < 1.29 is 14.6 Å². The minimum Gasteiger partial charge on any atom is -0.467 e. The zero-order chi connectivity index (χ0) is 11.3. The van der Waals surface area contributed by atoms with Gasteiger partial charge in [0, 0.05) is 6.42 Å². The maximum absolute atomic E-state index is 11.0. The van der Waals surface area contributed by atoms with E-state index in [1.807, 2.05) is 24.3 Å². The van der Waals surface area contributed by atoms with Gasteiger partial charge in [0.2, 0.25) is 0 Å². The van der Waals surface area contributed by atoms with Gasteiger partial charge in [0.25, 0.3) is 0 Å². The van der Waals surface area contributed by atoms with Gasteiger partial charge in [-0.25, -0.2) is 4.79 Å². The summed E-state index contributed by atoms with van der Waals surface area (Å²) in [6.07, 6.45) is 0.221. The second kappa shape index (κ2) is 5.51. The number of aryl methyl sites for hydroxylation is 1. The predicted octanol–water partition coefficient (Wildman–Crippen LogP) is 1.33. The molecule has 0 heterocycles. The number of methoxy groups -OCH3 is 1. The third-order valence-electron chi connectivity index (χ3n) is 2.33. The van der Waals surface area contributed by atoms with Crippen LogP contribution in [0.4, 0.5) is 0 Å². The molecule has 1 N–H and O–H groups in total. The summed E-state index contributed by atoms with van der Waals surface area (Å²) >= 11 is 0. The summed E-state index contributed by atoms with van der Waals surface area (Å²) in [6.45, 7) is 2.08. The van der Waals surface area contributed by atoms with Crippen LogP contribution in [-0.2, 0) is 22.4 Å². The molecule has 0 saturated carbocycles. The first-order chi connectivity index (χ1) is 7.17. The van der Waals surface area contributed by atoms with Crippen LogP contribution in [0.3, 0.4) is 0 Å². The van der Waals surface area contributed by atoms with E-state index in [0.717, 1.165) is 12.0 Å². The highest BCUT2D eigenvalue weighted by Gasteiger charge is 2.15. The van der Waals surface area contributed by atoms with Crippen LogP contribution in [0.1, 0.15) is 18.1 Å². The molecule has 0 fully saturated rings. The van der Waals surface area contributed by atoms with E-state index in [2.05, 4.69) is 11.7 Å². The monoisotopic (exact) mass is 208 g/mol. The van der Waals surface area contributed by atoms with Crippen LogP contribution in [0.5, 0.6) is 0 Å². The van der Waals surface area contributed by atoms with Gasteiger partial charge in [0.05, 0.1) is 7.11 Å². The van der Waals surface area contributed by atoms with Gasteiger partial charge in [-0.2, -0.15) is 0 Å². The smallest absolute Gasteiger partial charge is 0.335 e. The summed E-state index contributed by atoms with van der Waals surface area (Å²) in [5.41, 5.74) is 2.18. The van der Waals surface area contributed by atoms with E-state index in [1.165, 1.54) is 12.7 Å². The molecular weight excluding hydrogens is 192 g/mol. The minimum atomic E-state index is -1.07. The lowest BCUT2D eigenvalue weighted by molar-refractivity contribution is -0.150. The zero-order valence-electron chi connectivity index (χ0n) is 9.06. The number of hydrogen-bond donors (Lipinski definition) is 1. The topological polar surface area (TPSA) is 46.5 Å². The number of aliphatic hydroxyl groups is 1. The highest BCUT2D eigenvalue weighted by atomic mass is 16.5. The highest BCUT2D eigenvalue weighted by Crippen LogP contribution is 2.08. The van der Waals surface area contributed by atoms with Gasteiger partial charge >= 0.3 is 5.97 Å². The molecule has 0 bridgehead atoms. The molecule has 1 aromatic carbocycles. The van der Waals surface area contributed by atoms with E-state index in [1.54, 1.807) is 0 Å². The van der Waals surface area contributed by atoms with Gasteiger partial charge in [-0.3, -0.25) is 0 Å². The molecule has 3 nitrogen and oxygen atoms in total. The SMILES string of the molecule is CCc1ccc(CC(O)C(=O)OC)cc1. The number of aliphatic hydroxyl groups excluding tert-OH is 1. The van der Waals surface area contributed by atoms with Crippen LogP contribution in [0.15, 0.2) is 24.3 Å². The summed E-state index contributed by atoms with van der Waals surface area (Å²) in [4.78, 5) is 11.0. The fourth-order valence-corrected chi connectivity index (χ4v) is 1.35. The van der Waals surface area contributed by atoms with Gasteiger partial charge in [-0.15, -0.1) is 0 Å². The lowest BCUT2D eigenvalue weighted by atomic mass is 10.0. The summed E-state index contributed by atoms with van der Waals surface area (Å²) < 4.78 is 4.44. The van der Waals surface area contributed by atoms with E-state index in [4.69, 9.17) is 0 Å². The summed E-state index contributed by atoms with van der Waals surface area (Å²) in [5.74, 6) is -0.588. The normalized spacial score (nSPS) is 12.2. The number of hydrogen-bond acceptors (Lipinski definition) is 3. The number of rotatable bonds is 4.